The van der Waals surface area contributed by atoms with Gasteiger partial charge in [-0.2, -0.15) is 0 Å². The topological polar surface area (TPSA) is 49.3 Å². The molecule has 0 radical (unpaired) electrons. The number of hydrogen-bond donors (Lipinski definition) is 2. The third kappa shape index (κ3) is 5.87. The van der Waals surface area contributed by atoms with E-state index in [1.807, 2.05) is 12.1 Å². The maximum absolute atomic E-state index is 11.0. The van der Waals surface area contributed by atoms with Gasteiger partial charge in [0.1, 0.15) is 0 Å². The van der Waals surface area contributed by atoms with Crippen molar-refractivity contribution in [3.05, 3.63) is 71.3 Å². The molecule has 0 spiro atoms. The first-order valence-corrected chi connectivity index (χ1v) is 8.28. The summed E-state index contributed by atoms with van der Waals surface area (Å²) < 4.78 is 0. The predicted molar refractivity (Wildman–Crippen MR) is 93.7 cm³/mol. The molecule has 0 amide bonds. The van der Waals surface area contributed by atoms with E-state index in [9.17, 15) is 4.79 Å². The first kappa shape index (κ1) is 17.2. The average molecular weight is 311 g/mol. The van der Waals surface area contributed by atoms with Crippen molar-refractivity contribution >= 4 is 5.97 Å². The first-order chi connectivity index (χ1) is 11.2. The molecule has 0 aliphatic carbocycles. The number of carboxylic acids is 1. The lowest BCUT2D eigenvalue weighted by atomic mass is 10.0. The number of carboxylic acid groups (broad SMARTS) is 1. The van der Waals surface area contributed by atoms with E-state index in [2.05, 4.69) is 36.5 Å². The van der Waals surface area contributed by atoms with Crippen LogP contribution in [0.15, 0.2) is 54.6 Å². The zero-order chi connectivity index (χ0) is 16.5. The number of nitrogens with one attached hydrogen (secondary N) is 1. The normalized spacial score (nSPS) is 12.0. The average Bonchev–Trinajstić information content (AvgIpc) is 2.58. The molecule has 2 aromatic carbocycles. The summed E-state index contributed by atoms with van der Waals surface area (Å²) in [6.07, 6.45) is 4.43. The van der Waals surface area contributed by atoms with Crippen LogP contribution in [0.2, 0.25) is 0 Å². The van der Waals surface area contributed by atoms with Gasteiger partial charge in [0.2, 0.25) is 0 Å². The quantitative estimate of drug-likeness (QED) is 0.727. The summed E-state index contributed by atoms with van der Waals surface area (Å²) >= 11 is 0. The van der Waals surface area contributed by atoms with Crippen molar-refractivity contribution in [2.24, 2.45) is 0 Å². The van der Waals surface area contributed by atoms with Crippen LogP contribution < -0.4 is 5.32 Å². The van der Waals surface area contributed by atoms with Crippen molar-refractivity contribution in [3.63, 3.8) is 0 Å². The second-order valence-corrected chi connectivity index (χ2v) is 5.90. The van der Waals surface area contributed by atoms with Crippen LogP contribution in [-0.4, -0.2) is 17.1 Å². The SMILES string of the molecule is CCCC(CCc1ccccc1)NCc1cccc(C(=O)O)c1. The standard InChI is InChI=1S/C20H25NO2/c1-2-7-19(13-12-16-8-4-3-5-9-16)21-15-17-10-6-11-18(14-17)20(22)23/h3-6,8-11,14,19,21H,2,7,12-13,15H2,1H3,(H,22,23). The minimum atomic E-state index is -0.874. The molecule has 0 fully saturated rings. The predicted octanol–water partition coefficient (Wildman–Crippen LogP) is 4.28. The Hall–Kier alpha value is -2.13. The van der Waals surface area contributed by atoms with Gasteiger partial charge in [-0.1, -0.05) is 55.8 Å². The Bertz CT molecular complexity index is 610. The molecular weight excluding hydrogens is 286 g/mol. The van der Waals surface area contributed by atoms with Crippen LogP contribution in [0.1, 0.15) is 47.7 Å². The van der Waals surface area contributed by atoms with E-state index in [4.69, 9.17) is 5.11 Å². The third-order valence-electron chi connectivity index (χ3n) is 4.03. The van der Waals surface area contributed by atoms with Crippen LogP contribution in [0.4, 0.5) is 0 Å². The fraction of sp³-hybridized carbons (Fsp3) is 0.350. The van der Waals surface area contributed by atoms with Crippen molar-refractivity contribution in [3.8, 4) is 0 Å². The Balaban J connectivity index is 1.89. The molecule has 0 bridgehead atoms. The molecule has 1 atom stereocenters. The Labute approximate surface area is 138 Å². The van der Waals surface area contributed by atoms with Crippen LogP contribution >= 0.6 is 0 Å². The number of aromatic carboxylic acids is 1. The van der Waals surface area contributed by atoms with Gasteiger partial charge in [-0.05, 0) is 42.5 Å². The van der Waals surface area contributed by atoms with Crippen LogP contribution in [0, 0.1) is 0 Å². The molecule has 1 unspecified atom stereocenters. The summed E-state index contributed by atoms with van der Waals surface area (Å²) in [5.74, 6) is -0.874. The lowest BCUT2D eigenvalue weighted by Gasteiger charge is -2.18. The molecule has 0 saturated carbocycles. The van der Waals surface area contributed by atoms with E-state index in [0.29, 0.717) is 18.2 Å². The molecule has 122 valence electrons. The second kappa shape index (κ2) is 9.11. The summed E-state index contributed by atoms with van der Waals surface area (Å²) in [6, 6.07) is 18.1. The molecule has 0 heterocycles. The van der Waals surface area contributed by atoms with E-state index in [-0.39, 0.29) is 0 Å². The van der Waals surface area contributed by atoms with Gasteiger partial charge in [-0.25, -0.2) is 4.79 Å². The maximum atomic E-state index is 11.0. The minimum absolute atomic E-state index is 0.348. The van der Waals surface area contributed by atoms with E-state index in [0.717, 1.165) is 31.2 Å². The lowest BCUT2D eigenvalue weighted by molar-refractivity contribution is 0.0696. The van der Waals surface area contributed by atoms with E-state index in [1.54, 1.807) is 18.2 Å². The summed E-state index contributed by atoms with van der Waals surface area (Å²) in [7, 11) is 0. The van der Waals surface area contributed by atoms with Crippen molar-refractivity contribution in [2.75, 3.05) is 0 Å². The highest BCUT2D eigenvalue weighted by Gasteiger charge is 2.09. The number of hydrogen-bond acceptors (Lipinski definition) is 2. The molecule has 3 nitrogen and oxygen atoms in total. The Morgan fingerprint density at radius 3 is 2.48 bits per heavy atom. The van der Waals surface area contributed by atoms with Gasteiger partial charge < -0.3 is 10.4 Å². The molecule has 0 aromatic heterocycles. The summed E-state index contributed by atoms with van der Waals surface area (Å²) in [5.41, 5.74) is 2.73. The Kier molecular flexibility index (Phi) is 6.82. The van der Waals surface area contributed by atoms with Crippen molar-refractivity contribution in [1.29, 1.82) is 0 Å². The minimum Gasteiger partial charge on any atom is -0.478 e. The number of aryl methyl sites for hydroxylation is 1. The molecule has 2 rings (SSSR count). The van der Waals surface area contributed by atoms with Crippen molar-refractivity contribution < 1.29 is 9.90 Å². The fourth-order valence-electron chi connectivity index (χ4n) is 2.76. The second-order valence-electron chi connectivity index (χ2n) is 5.90. The zero-order valence-corrected chi connectivity index (χ0v) is 13.7. The highest BCUT2D eigenvalue weighted by Crippen LogP contribution is 2.11. The number of benzene rings is 2. The van der Waals surface area contributed by atoms with Gasteiger partial charge >= 0.3 is 5.97 Å². The Morgan fingerprint density at radius 2 is 1.78 bits per heavy atom. The molecule has 2 aromatic rings. The molecular formula is C20H25NO2. The maximum Gasteiger partial charge on any atom is 0.335 e. The molecule has 2 N–H and O–H groups in total. The van der Waals surface area contributed by atoms with Gasteiger partial charge in [-0.15, -0.1) is 0 Å². The fourth-order valence-corrected chi connectivity index (χ4v) is 2.76. The molecule has 0 aliphatic rings. The van der Waals surface area contributed by atoms with Gasteiger partial charge in [0.15, 0.2) is 0 Å². The summed E-state index contributed by atoms with van der Waals surface area (Å²) in [6.45, 7) is 2.91. The van der Waals surface area contributed by atoms with Crippen LogP contribution in [0.25, 0.3) is 0 Å². The van der Waals surface area contributed by atoms with Crippen molar-refractivity contribution in [1.82, 2.24) is 5.32 Å². The molecule has 0 saturated heterocycles. The van der Waals surface area contributed by atoms with Gasteiger partial charge in [0, 0.05) is 12.6 Å². The zero-order valence-electron chi connectivity index (χ0n) is 13.7. The van der Waals surface area contributed by atoms with Crippen LogP contribution in [0.5, 0.6) is 0 Å². The Morgan fingerprint density at radius 1 is 1.04 bits per heavy atom. The number of carbonyl (C=O) groups is 1. The van der Waals surface area contributed by atoms with E-state index < -0.39 is 5.97 Å². The van der Waals surface area contributed by atoms with Gasteiger partial charge in [0.25, 0.3) is 0 Å². The van der Waals surface area contributed by atoms with Crippen molar-refractivity contribution in [2.45, 2.75) is 45.2 Å². The van der Waals surface area contributed by atoms with E-state index >= 15 is 0 Å². The molecule has 0 aliphatic heterocycles. The summed E-state index contributed by atoms with van der Waals surface area (Å²) in [4.78, 5) is 11.0. The highest BCUT2D eigenvalue weighted by molar-refractivity contribution is 5.87. The smallest absolute Gasteiger partial charge is 0.335 e. The van der Waals surface area contributed by atoms with E-state index in [1.165, 1.54) is 5.56 Å². The highest BCUT2D eigenvalue weighted by atomic mass is 16.4. The van der Waals surface area contributed by atoms with Gasteiger partial charge in [0.05, 0.1) is 5.56 Å². The number of rotatable bonds is 9. The van der Waals surface area contributed by atoms with Gasteiger partial charge in [-0.3, -0.25) is 0 Å². The third-order valence-corrected chi connectivity index (χ3v) is 4.03. The largest absolute Gasteiger partial charge is 0.478 e. The van der Waals surface area contributed by atoms with Crippen LogP contribution in [0.3, 0.4) is 0 Å². The molecule has 3 heteroatoms. The monoisotopic (exact) mass is 311 g/mol. The lowest BCUT2D eigenvalue weighted by Crippen LogP contribution is -2.29. The summed E-state index contributed by atoms with van der Waals surface area (Å²) in [5, 5.41) is 12.6. The molecule has 23 heavy (non-hydrogen) atoms. The first-order valence-electron chi connectivity index (χ1n) is 8.28. The van der Waals surface area contributed by atoms with Crippen LogP contribution in [-0.2, 0) is 13.0 Å².